The number of amides is 2. The van der Waals surface area contributed by atoms with E-state index in [0.717, 1.165) is 12.8 Å². The number of nitrogens with one attached hydrogen (secondary N) is 1. The second-order valence-electron chi connectivity index (χ2n) is 4.64. The van der Waals surface area contributed by atoms with Crippen LogP contribution in [-0.4, -0.2) is 17.6 Å². The number of Topliss-reactive ketones (excluding diaryl/α,β-unsaturated/α-hetero) is 1. The van der Waals surface area contributed by atoms with Crippen LogP contribution in [0.5, 0.6) is 0 Å². The fourth-order valence-corrected chi connectivity index (χ4v) is 2.61. The van der Waals surface area contributed by atoms with Crippen LogP contribution in [0.1, 0.15) is 39.0 Å². The molecule has 0 aromatic carbocycles. The molecule has 0 aromatic heterocycles. The van der Waals surface area contributed by atoms with Crippen LogP contribution in [0, 0.1) is 11.3 Å². The van der Waals surface area contributed by atoms with Gasteiger partial charge in [-0.3, -0.25) is 19.7 Å². The largest absolute Gasteiger partial charge is 0.299 e. The fourth-order valence-electron chi connectivity index (χ4n) is 2.61. The number of piperidine rings is 1. The van der Waals surface area contributed by atoms with Gasteiger partial charge in [0.2, 0.25) is 11.8 Å². The van der Waals surface area contributed by atoms with Crippen LogP contribution in [0.15, 0.2) is 0 Å². The second-order valence-corrected chi connectivity index (χ2v) is 4.64. The van der Waals surface area contributed by atoms with Gasteiger partial charge in [0.15, 0.2) is 0 Å². The van der Waals surface area contributed by atoms with Crippen LogP contribution in [0.25, 0.3) is 0 Å². The van der Waals surface area contributed by atoms with E-state index in [-0.39, 0.29) is 23.5 Å². The molecule has 15 heavy (non-hydrogen) atoms. The third-order valence-corrected chi connectivity index (χ3v) is 3.56. The molecule has 1 saturated heterocycles. The van der Waals surface area contributed by atoms with Gasteiger partial charge >= 0.3 is 0 Å². The smallest absolute Gasteiger partial charge is 0.240 e. The minimum atomic E-state index is -0.883. The van der Waals surface area contributed by atoms with Crippen LogP contribution in [0.4, 0.5) is 0 Å². The average molecular weight is 209 g/mol. The van der Waals surface area contributed by atoms with Crippen molar-refractivity contribution in [2.24, 2.45) is 11.3 Å². The van der Waals surface area contributed by atoms with Crippen LogP contribution >= 0.6 is 0 Å². The first-order valence-electron chi connectivity index (χ1n) is 5.45. The molecule has 2 rings (SSSR count). The van der Waals surface area contributed by atoms with E-state index < -0.39 is 5.41 Å². The quantitative estimate of drug-likeness (QED) is 0.474. The van der Waals surface area contributed by atoms with Gasteiger partial charge in [-0.15, -0.1) is 0 Å². The molecule has 2 amide bonds. The van der Waals surface area contributed by atoms with Crippen LogP contribution in [0.3, 0.4) is 0 Å². The van der Waals surface area contributed by atoms with Crippen molar-refractivity contribution in [3.8, 4) is 0 Å². The molecule has 2 fully saturated rings. The Morgan fingerprint density at radius 3 is 2.67 bits per heavy atom. The van der Waals surface area contributed by atoms with Gasteiger partial charge in [0.25, 0.3) is 0 Å². The van der Waals surface area contributed by atoms with E-state index in [1.54, 1.807) is 6.92 Å². The van der Waals surface area contributed by atoms with E-state index in [1.807, 2.05) is 0 Å². The lowest BCUT2D eigenvalue weighted by Crippen LogP contribution is -2.56. The molecule has 2 aliphatic rings. The number of imide groups is 1. The predicted octanol–water partition coefficient (Wildman–Crippen LogP) is 0.798. The van der Waals surface area contributed by atoms with Gasteiger partial charge in [-0.05, 0) is 19.3 Å². The zero-order valence-corrected chi connectivity index (χ0v) is 8.84. The summed E-state index contributed by atoms with van der Waals surface area (Å²) in [6.45, 7) is 1.77. The minimum Gasteiger partial charge on any atom is -0.299 e. The average Bonchev–Trinajstić information content (AvgIpc) is 2.19. The van der Waals surface area contributed by atoms with Gasteiger partial charge in [-0.1, -0.05) is 13.3 Å². The summed E-state index contributed by atoms with van der Waals surface area (Å²) < 4.78 is 0. The summed E-state index contributed by atoms with van der Waals surface area (Å²) in [5.41, 5.74) is -0.883. The highest BCUT2D eigenvalue weighted by atomic mass is 16.2. The molecule has 1 saturated carbocycles. The maximum absolute atomic E-state index is 11.9. The molecule has 82 valence electrons. The van der Waals surface area contributed by atoms with E-state index in [1.165, 1.54) is 0 Å². The summed E-state index contributed by atoms with van der Waals surface area (Å²) in [7, 11) is 0. The van der Waals surface area contributed by atoms with Gasteiger partial charge in [0, 0.05) is 12.3 Å². The van der Waals surface area contributed by atoms with Gasteiger partial charge in [0.1, 0.15) is 11.2 Å². The van der Waals surface area contributed by atoms with Crippen molar-refractivity contribution in [1.29, 1.82) is 0 Å². The van der Waals surface area contributed by atoms with Crippen molar-refractivity contribution in [1.82, 2.24) is 5.32 Å². The lowest BCUT2D eigenvalue weighted by Gasteiger charge is -2.39. The predicted molar refractivity (Wildman–Crippen MR) is 52.8 cm³/mol. The first kappa shape index (κ1) is 10.3. The van der Waals surface area contributed by atoms with Crippen LogP contribution in [0.2, 0.25) is 0 Å². The first-order valence-corrected chi connectivity index (χ1v) is 5.45. The van der Waals surface area contributed by atoms with Gasteiger partial charge in [0.05, 0.1) is 0 Å². The van der Waals surface area contributed by atoms with Crippen molar-refractivity contribution in [2.45, 2.75) is 39.0 Å². The number of hydrogen-bond acceptors (Lipinski definition) is 3. The normalized spacial score (nSPS) is 36.9. The van der Waals surface area contributed by atoms with E-state index in [4.69, 9.17) is 0 Å². The molecule has 0 bridgehead atoms. The van der Waals surface area contributed by atoms with Crippen molar-refractivity contribution in [3.05, 3.63) is 0 Å². The first-order chi connectivity index (χ1) is 7.06. The van der Waals surface area contributed by atoms with Crippen LogP contribution < -0.4 is 5.32 Å². The standard InChI is InChI=1S/C11H15NO3/c1-7-6-11(10(15)12-9(7)14)5-3-2-4-8(11)13/h7H,2-6H2,1H3,(H,12,14,15)/t7-,11+/m0/s1. The maximum atomic E-state index is 11.9. The van der Waals surface area contributed by atoms with E-state index in [9.17, 15) is 14.4 Å². The lowest BCUT2D eigenvalue weighted by atomic mass is 9.66. The molecule has 0 radical (unpaired) electrons. The Balaban J connectivity index is 2.29. The zero-order chi connectivity index (χ0) is 11.1. The summed E-state index contributed by atoms with van der Waals surface area (Å²) >= 11 is 0. The molecule has 4 heteroatoms. The Morgan fingerprint density at radius 2 is 2.00 bits per heavy atom. The highest BCUT2D eigenvalue weighted by molar-refractivity contribution is 6.13. The summed E-state index contributed by atoms with van der Waals surface area (Å²) in [4.78, 5) is 34.9. The molecule has 1 aliphatic heterocycles. The Kier molecular flexibility index (Phi) is 2.37. The second kappa shape index (κ2) is 3.43. The summed E-state index contributed by atoms with van der Waals surface area (Å²) in [5, 5.41) is 2.32. The van der Waals surface area contributed by atoms with Crippen molar-refractivity contribution in [3.63, 3.8) is 0 Å². The number of hydrogen-bond donors (Lipinski definition) is 1. The van der Waals surface area contributed by atoms with E-state index in [0.29, 0.717) is 19.3 Å². The highest BCUT2D eigenvalue weighted by Crippen LogP contribution is 2.41. The molecular weight excluding hydrogens is 194 g/mol. The molecular formula is C11H15NO3. The zero-order valence-electron chi connectivity index (χ0n) is 8.84. The monoisotopic (exact) mass is 209 g/mol. The Morgan fingerprint density at radius 1 is 1.27 bits per heavy atom. The van der Waals surface area contributed by atoms with E-state index in [2.05, 4.69) is 5.32 Å². The molecule has 1 heterocycles. The third-order valence-electron chi connectivity index (χ3n) is 3.56. The maximum Gasteiger partial charge on any atom is 0.240 e. The SMILES string of the molecule is C[C@H]1C[C@@]2(CCCCC2=O)C(=O)NC1=O. The number of carbonyl (C=O) groups is 3. The summed E-state index contributed by atoms with van der Waals surface area (Å²) in [5.74, 6) is -0.824. The van der Waals surface area contributed by atoms with E-state index >= 15 is 0 Å². The van der Waals surface area contributed by atoms with Crippen molar-refractivity contribution in [2.75, 3.05) is 0 Å². The van der Waals surface area contributed by atoms with Gasteiger partial charge < -0.3 is 0 Å². The van der Waals surface area contributed by atoms with Crippen LogP contribution in [-0.2, 0) is 14.4 Å². The van der Waals surface area contributed by atoms with Gasteiger partial charge in [-0.25, -0.2) is 0 Å². The Bertz CT molecular complexity index is 337. The lowest BCUT2D eigenvalue weighted by molar-refractivity contribution is -0.153. The summed E-state index contributed by atoms with van der Waals surface area (Å²) in [6, 6.07) is 0. The third kappa shape index (κ3) is 1.48. The minimum absolute atomic E-state index is 0.0191. The molecule has 1 aliphatic carbocycles. The molecule has 2 atom stereocenters. The topological polar surface area (TPSA) is 63.2 Å². The molecule has 0 unspecified atom stereocenters. The molecule has 4 nitrogen and oxygen atoms in total. The van der Waals surface area contributed by atoms with Gasteiger partial charge in [-0.2, -0.15) is 0 Å². The number of ketones is 1. The molecule has 0 aromatic rings. The summed E-state index contributed by atoms with van der Waals surface area (Å²) in [6.07, 6.45) is 3.26. The molecule has 1 spiro atoms. The van der Waals surface area contributed by atoms with Crippen molar-refractivity contribution < 1.29 is 14.4 Å². The number of rotatable bonds is 0. The number of carbonyl (C=O) groups excluding carboxylic acids is 3. The molecule has 1 N–H and O–H groups in total. The Labute approximate surface area is 88.4 Å². The fraction of sp³-hybridized carbons (Fsp3) is 0.727. The highest BCUT2D eigenvalue weighted by Gasteiger charge is 2.51. The van der Waals surface area contributed by atoms with Crippen molar-refractivity contribution >= 4 is 17.6 Å². The Hall–Kier alpha value is -1.19.